The van der Waals surface area contributed by atoms with Crippen molar-refractivity contribution in [1.82, 2.24) is 10.3 Å². The summed E-state index contributed by atoms with van der Waals surface area (Å²) in [5, 5.41) is 23.6. The number of aromatic amines is 1. The van der Waals surface area contributed by atoms with Crippen molar-refractivity contribution >= 4 is 71.2 Å². The van der Waals surface area contributed by atoms with E-state index in [9.17, 15) is 34.2 Å². The van der Waals surface area contributed by atoms with E-state index >= 15 is 9.59 Å². The molecule has 0 spiro atoms. The quantitative estimate of drug-likeness (QED) is 0.0297. The highest BCUT2D eigenvalue weighted by atomic mass is 32.2. The Balaban J connectivity index is 1.93. The monoisotopic (exact) mass is 1160 g/mol. The van der Waals surface area contributed by atoms with Gasteiger partial charge >= 0.3 is 29.8 Å². The van der Waals surface area contributed by atoms with Crippen LogP contribution in [0.1, 0.15) is 230 Å². The van der Waals surface area contributed by atoms with Crippen LogP contribution in [0.5, 0.6) is 0 Å². The van der Waals surface area contributed by atoms with E-state index in [4.69, 9.17) is 19.2 Å². The molecule has 0 saturated heterocycles. The van der Waals surface area contributed by atoms with Crippen molar-refractivity contribution in [2.75, 3.05) is 17.7 Å². The summed E-state index contributed by atoms with van der Waals surface area (Å²) in [5.41, 5.74) is 1.60. The van der Waals surface area contributed by atoms with Crippen LogP contribution in [0.25, 0.3) is 6.08 Å². The first-order valence-corrected chi connectivity index (χ1v) is 31.0. The fourth-order valence-corrected chi connectivity index (χ4v) is 13.4. The Morgan fingerprint density at radius 2 is 1.16 bits per heavy atom. The van der Waals surface area contributed by atoms with E-state index in [1.165, 1.54) is 0 Å². The summed E-state index contributed by atoms with van der Waals surface area (Å²) >= 11 is 1.02. The van der Waals surface area contributed by atoms with Gasteiger partial charge in [-0.15, -0.1) is 11.8 Å². The summed E-state index contributed by atoms with van der Waals surface area (Å²) < 4.78 is 19.0. The first-order chi connectivity index (χ1) is 37.7. The molecule has 4 rings (SSSR count). The maximum Gasteiger partial charge on any atom is 0.342 e. The Hall–Kier alpha value is -5.19. The SMILES string of the molecule is C=C(C)C(=O)OCCCCC(=O)NC1=NC(=Cc2[nH]c(NC(=O)CCCCSC(CC(=O)O)C(=O)O)c(C(=O)OC3C(C(C)(C)C)CC(C)CC3C(C)(C)C)c2C(C)C)C(C(C)C)=C1C(=O)OC1C(C(C)(C)C)CC(C)CC1C(C)(C)C. The van der Waals surface area contributed by atoms with Gasteiger partial charge in [0.25, 0.3) is 0 Å². The molecule has 1 aromatic rings. The molecule has 1 aromatic heterocycles. The molecule has 0 bridgehead atoms. The Morgan fingerprint density at radius 1 is 0.695 bits per heavy atom. The van der Waals surface area contributed by atoms with Gasteiger partial charge < -0.3 is 40.0 Å². The van der Waals surface area contributed by atoms with Crippen LogP contribution in [0.3, 0.4) is 0 Å². The highest BCUT2D eigenvalue weighted by molar-refractivity contribution is 8.00. The van der Waals surface area contributed by atoms with E-state index in [0.717, 1.165) is 37.4 Å². The summed E-state index contributed by atoms with van der Waals surface area (Å²) in [4.78, 5) is 102. The van der Waals surface area contributed by atoms with Crippen molar-refractivity contribution in [2.24, 2.45) is 68.1 Å². The third-order valence-corrected chi connectivity index (χ3v) is 18.0. The van der Waals surface area contributed by atoms with Gasteiger partial charge in [0.15, 0.2) is 0 Å². The number of carboxylic acids is 2. The number of aliphatic carboxylic acids is 2. The van der Waals surface area contributed by atoms with Gasteiger partial charge in [0, 0.05) is 47.8 Å². The number of carbonyl (C=O) groups is 7. The van der Waals surface area contributed by atoms with E-state index in [0.29, 0.717) is 65.8 Å². The van der Waals surface area contributed by atoms with Crippen LogP contribution in [-0.4, -0.2) is 92.5 Å². The molecule has 16 nitrogen and oxygen atoms in total. The van der Waals surface area contributed by atoms with Crippen molar-refractivity contribution in [3.63, 3.8) is 0 Å². The van der Waals surface area contributed by atoms with Gasteiger partial charge in [-0.05, 0) is 127 Å². The summed E-state index contributed by atoms with van der Waals surface area (Å²) in [6, 6.07) is 0. The normalized spacial score (nSPS) is 23.6. The predicted octanol–water partition coefficient (Wildman–Crippen LogP) is 14.0. The number of hydrogen-bond acceptors (Lipinski definition) is 12. The molecular weight excluding hydrogens is 1060 g/mol. The van der Waals surface area contributed by atoms with Crippen molar-refractivity contribution in [1.29, 1.82) is 0 Å². The minimum absolute atomic E-state index is 0.0155. The van der Waals surface area contributed by atoms with Gasteiger partial charge in [0.05, 0.1) is 18.7 Å². The number of nitrogens with one attached hydrogen (secondary N) is 3. The second-order valence-electron chi connectivity index (χ2n) is 28.8. The molecule has 2 heterocycles. The molecule has 5 N–H and O–H groups in total. The number of carbonyl (C=O) groups excluding carboxylic acids is 5. The van der Waals surface area contributed by atoms with Crippen LogP contribution < -0.4 is 10.6 Å². The number of amides is 2. The van der Waals surface area contributed by atoms with Crippen molar-refractivity contribution in [3.8, 4) is 0 Å². The molecule has 2 saturated carbocycles. The first kappa shape index (κ1) is 69.3. The van der Waals surface area contributed by atoms with E-state index in [-0.39, 0.29) is 105 Å². The van der Waals surface area contributed by atoms with Crippen molar-refractivity contribution in [3.05, 3.63) is 45.8 Å². The Morgan fingerprint density at radius 3 is 1.59 bits per heavy atom. The predicted molar refractivity (Wildman–Crippen MR) is 326 cm³/mol. The van der Waals surface area contributed by atoms with Gasteiger partial charge in [0.2, 0.25) is 11.8 Å². The number of thioether (sulfide) groups is 1. The van der Waals surface area contributed by atoms with Crippen molar-refractivity contribution < 1.29 is 58.0 Å². The molecule has 0 aromatic carbocycles. The number of anilines is 1. The number of aliphatic imine (C=N–C) groups is 1. The van der Waals surface area contributed by atoms with Gasteiger partial charge in [-0.3, -0.25) is 19.2 Å². The molecule has 5 atom stereocenters. The molecule has 2 fully saturated rings. The van der Waals surface area contributed by atoms with Crippen LogP contribution >= 0.6 is 11.8 Å². The zero-order valence-electron chi connectivity index (χ0n) is 53.2. The van der Waals surface area contributed by atoms with Gasteiger partial charge in [-0.2, -0.15) is 0 Å². The molecule has 17 heteroatoms. The van der Waals surface area contributed by atoms with E-state index < -0.39 is 65.5 Å². The number of ether oxygens (including phenoxy) is 3. The lowest BCUT2D eigenvalue weighted by Crippen LogP contribution is -2.50. The maximum atomic E-state index is 15.4. The number of aromatic nitrogens is 1. The molecule has 3 aliphatic rings. The smallest absolute Gasteiger partial charge is 0.342 e. The number of H-pyrrole nitrogens is 1. The fourth-order valence-electron chi connectivity index (χ4n) is 12.3. The minimum atomic E-state index is -1.21. The Bertz CT molecular complexity index is 2550. The van der Waals surface area contributed by atoms with Gasteiger partial charge in [0.1, 0.15) is 40.2 Å². The molecule has 1 aliphatic heterocycles. The lowest BCUT2D eigenvalue weighted by atomic mass is 9.59. The zero-order valence-corrected chi connectivity index (χ0v) is 54.0. The van der Waals surface area contributed by atoms with Crippen molar-refractivity contribution in [2.45, 2.75) is 226 Å². The van der Waals surface area contributed by atoms with Crippen LogP contribution in [0.4, 0.5) is 5.82 Å². The number of unbranched alkanes of at least 4 members (excludes halogenated alkanes) is 2. The van der Waals surface area contributed by atoms with E-state index in [1.54, 1.807) is 13.0 Å². The minimum Gasteiger partial charge on any atom is -0.481 e. The standard InChI is InChI=1S/C65H102N4O12S/c1-35(2)50-44(66-56(68-47(70)25-21-23-27-79-59(76)37(5)6)52(50)60(77)80-54-40(62(9,10)11)29-38(7)30-41(54)63(12,13)14)33-45-51(36(3)4)53(57(67-45)69-48(71)26-22-24-28-82-46(58(74)75)34-49(72)73)61(78)81-55-42(64(15,16)17)31-39(8)32-43(55)65(18,19)20/h33,35-36,38-43,46,54-55,67H,5,21-32,34H2,1-4,6-20H3,(H,69,71)(H,72,73)(H,74,75)(H,66,68,70). The first-order valence-electron chi connectivity index (χ1n) is 30.0. The third kappa shape index (κ3) is 18.9. The molecule has 460 valence electrons. The third-order valence-electron chi connectivity index (χ3n) is 16.7. The number of esters is 3. The van der Waals surface area contributed by atoms with Crippen LogP contribution in [-0.2, 0) is 43.0 Å². The maximum absolute atomic E-state index is 15.4. The lowest BCUT2D eigenvalue weighted by molar-refractivity contribution is -0.164. The number of allylic oxidation sites excluding steroid dienone is 1. The molecule has 0 radical (unpaired) electrons. The molecule has 82 heavy (non-hydrogen) atoms. The van der Waals surface area contributed by atoms with E-state index in [2.05, 4.69) is 119 Å². The zero-order chi connectivity index (χ0) is 62.1. The summed E-state index contributed by atoms with van der Waals surface area (Å²) in [5.74, 6) is -4.23. The van der Waals surface area contributed by atoms with Crippen LogP contribution in [0.2, 0.25) is 0 Å². The number of rotatable bonds is 23. The number of nitrogens with zero attached hydrogens (tertiary/aromatic N) is 1. The van der Waals surface area contributed by atoms with E-state index in [1.807, 2.05) is 27.7 Å². The topological polar surface area (TPSA) is 240 Å². The molecule has 5 unspecified atom stereocenters. The molecule has 2 amide bonds. The number of hydrogen-bond donors (Lipinski definition) is 5. The average molecular weight is 1160 g/mol. The molecule has 2 aliphatic carbocycles. The average Bonchev–Trinajstić information content (AvgIpc) is 4.08. The van der Waals surface area contributed by atoms with Gasteiger partial charge in [-0.1, -0.05) is 131 Å². The second-order valence-corrected chi connectivity index (χ2v) is 30.1. The highest BCUT2D eigenvalue weighted by Crippen LogP contribution is 2.52. The second kappa shape index (κ2) is 28.6. The summed E-state index contributed by atoms with van der Waals surface area (Å²) in [6.07, 6.45) is 5.45. The highest BCUT2D eigenvalue weighted by Gasteiger charge is 2.51. The lowest BCUT2D eigenvalue weighted by Gasteiger charge is -2.50. The Kier molecular flexibility index (Phi) is 24.2. The molecular formula is C65H102N4O12S. The van der Waals surface area contributed by atoms with Gasteiger partial charge in [-0.25, -0.2) is 19.4 Å². The Labute approximate surface area is 494 Å². The summed E-state index contributed by atoms with van der Waals surface area (Å²) in [7, 11) is 0. The van der Waals surface area contributed by atoms with Crippen LogP contribution in [0.15, 0.2) is 34.0 Å². The summed E-state index contributed by atoms with van der Waals surface area (Å²) in [6.45, 7) is 43.8. The van der Waals surface area contributed by atoms with Crippen LogP contribution in [0, 0.1) is 63.1 Å². The number of amidine groups is 1. The fraction of sp³-hybridized carbons (Fsp3) is 0.723. The number of carboxylic acid groups (broad SMARTS) is 2. The largest absolute Gasteiger partial charge is 0.481 e.